The molecule has 4 heteroatoms. The third-order valence-electron chi connectivity index (χ3n) is 4.01. The maximum absolute atomic E-state index is 6.22. The van der Waals surface area contributed by atoms with Gasteiger partial charge >= 0.3 is 0 Å². The van der Waals surface area contributed by atoms with Gasteiger partial charge in [-0.15, -0.1) is 12.4 Å². The first-order valence-corrected chi connectivity index (χ1v) is 7.73. The third kappa shape index (κ3) is 4.03. The lowest BCUT2D eigenvalue weighted by atomic mass is 9.97. The minimum atomic E-state index is 0. The van der Waals surface area contributed by atoms with Crippen molar-refractivity contribution in [3.05, 3.63) is 41.4 Å². The van der Waals surface area contributed by atoms with Crippen LogP contribution in [0.5, 0.6) is 5.75 Å². The number of rotatable bonds is 4. The molecule has 1 aliphatic rings. The fourth-order valence-corrected chi connectivity index (χ4v) is 3.09. The standard InChI is InChI=1S/C17H20ClNO.ClH/c18-16-7-8-17(15-6-2-1-5-14(15)16)20-11-9-13-4-3-10-19-12-13;/h1-2,5-8,13,19H,3-4,9-12H2;1H. The molecule has 1 N–H and O–H groups in total. The summed E-state index contributed by atoms with van der Waals surface area (Å²) in [5.74, 6) is 1.69. The van der Waals surface area contributed by atoms with Crippen LogP contribution in [0.25, 0.3) is 10.8 Å². The summed E-state index contributed by atoms with van der Waals surface area (Å²) in [6.07, 6.45) is 3.72. The summed E-state index contributed by atoms with van der Waals surface area (Å²) in [7, 11) is 0. The van der Waals surface area contributed by atoms with E-state index in [1.165, 1.54) is 19.4 Å². The van der Waals surface area contributed by atoms with Gasteiger partial charge in [0, 0.05) is 15.8 Å². The van der Waals surface area contributed by atoms with Gasteiger partial charge in [-0.25, -0.2) is 0 Å². The summed E-state index contributed by atoms with van der Waals surface area (Å²) in [6, 6.07) is 12.0. The van der Waals surface area contributed by atoms with Gasteiger partial charge in [-0.2, -0.15) is 0 Å². The summed E-state index contributed by atoms with van der Waals surface area (Å²) in [5, 5.41) is 6.39. The third-order valence-corrected chi connectivity index (χ3v) is 4.34. The molecule has 1 heterocycles. The number of piperidine rings is 1. The van der Waals surface area contributed by atoms with Gasteiger partial charge in [-0.1, -0.05) is 35.9 Å². The number of halogens is 2. The molecule has 2 aromatic rings. The van der Waals surface area contributed by atoms with Crippen LogP contribution in [0.3, 0.4) is 0 Å². The number of benzene rings is 2. The molecular weight excluding hydrogens is 305 g/mol. The maximum atomic E-state index is 6.22. The molecule has 0 radical (unpaired) electrons. The van der Waals surface area contributed by atoms with Crippen molar-refractivity contribution in [1.82, 2.24) is 5.32 Å². The Kier molecular flexibility index (Phi) is 6.16. The second-order valence-corrected chi connectivity index (χ2v) is 5.85. The number of hydrogen-bond acceptors (Lipinski definition) is 2. The molecule has 1 saturated heterocycles. The van der Waals surface area contributed by atoms with Crippen molar-refractivity contribution in [1.29, 1.82) is 0 Å². The van der Waals surface area contributed by atoms with Crippen LogP contribution in [0, 0.1) is 5.92 Å². The van der Waals surface area contributed by atoms with Crippen LogP contribution in [0.15, 0.2) is 36.4 Å². The predicted octanol–water partition coefficient (Wildman–Crippen LogP) is 4.68. The van der Waals surface area contributed by atoms with Crippen molar-refractivity contribution in [3.63, 3.8) is 0 Å². The van der Waals surface area contributed by atoms with Crippen molar-refractivity contribution in [2.24, 2.45) is 5.92 Å². The van der Waals surface area contributed by atoms with Gasteiger partial charge in [0.05, 0.1) is 6.61 Å². The molecule has 1 aliphatic heterocycles. The zero-order valence-electron chi connectivity index (χ0n) is 12.0. The SMILES string of the molecule is Cl.Clc1ccc(OCCC2CCCNC2)c2ccccc12. The Bertz CT molecular complexity index is 582. The average molecular weight is 326 g/mol. The molecule has 3 rings (SSSR count). The van der Waals surface area contributed by atoms with Crippen LogP contribution >= 0.6 is 24.0 Å². The van der Waals surface area contributed by atoms with E-state index < -0.39 is 0 Å². The molecule has 0 spiro atoms. The second kappa shape index (κ2) is 7.88. The van der Waals surface area contributed by atoms with Crippen LogP contribution < -0.4 is 10.1 Å². The minimum absolute atomic E-state index is 0. The zero-order chi connectivity index (χ0) is 13.8. The van der Waals surface area contributed by atoms with Crippen LogP contribution in [-0.4, -0.2) is 19.7 Å². The lowest BCUT2D eigenvalue weighted by molar-refractivity contribution is 0.256. The number of ether oxygens (including phenoxy) is 1. The summed E-state index contributed by atoms with van der Waals surface area (Å²) < 4.78 is 5.99. The van der Waals surface area contributed by atoms with Crippen molar-refractivity contribution in [2.75, 3.05) is 19.7 Å². The van der Waals surface area contributed by atoms with E-state index in [0.717, 1.165) is 47.0 Å². The highest BCUT2D eigenvalue weighted by atomic mass is 35.5. The van der Waals surface area contributed by atoms with Crippen LogP contribution in [0.4, 0.5) is 0 Å². The maximum Gasteiger partial charge on any atom is 0.127 e. The Morgan fingerprint density at radius 3 is 2.71 bits per heavy atom. The Hall–Kier alpha value is -0.960. The van der Waals surface area contributed by atoms with E-state index in [9.17, 15) is 0 Å². The topological polar surface area (TPSA) is 21.3 Å². The molecule has 2 aromatic carbocycles. The molecule has 1 unspecified atom stereocenters. The summed E-state index contributed by atoms with van der Waals surface area (Å²) >= 11 is 6.22. The van der Waals surface area contributed by atoms with Crippen molar-refractivity contribution < 1.29 is 4.74 Å². The fourth-order valence-electron chi connectivity index (χ4n) is 2.87. The van der Waals surface area contributed by atoms with Crippen molar-refractivity contribution >= 4 is 34.8 Å². The molecule has 1 fully saturated rings. The van der Waals surface area contributed by atoms with E-state index in [-0.39, 0.29) is 12.4 Å². The van der Waals surface area contributed by atoms with E-state index in [1.807, 2.05) is 30.3 Å². The van der Waals surface area contributed by atoms with E-state index in [2.05, 4.69) is 11.4 Å². The summed E-state index contributed by atoms with van der Waals surface area (Å²) in [4.78, 5) is 0. The average Bonchev–Trinajstić information content (AvgIpc) is 2.51. The molecular formula is C17H21Cl2NO. The smallest absolute Gasteiger partial charge is 0.127 e. The second-order valence-electron chi connectivity index (χ2n) is 5.44. The first-order chi connectivity index (χ1) is 9.84. The monoisotopic (exact) mass is 325 g/mol. The first kappa shape index (κ1) is 16.4. The lowest BCUT2D eigenvalue weighted by Crippen LogP contribution is -2.30. The highest BCUT2D eigenvalue weighted by Gasteiger charge is 2.13. The van der Waals surface area contributed by atoms with E-state index >= 15 is 0 Å². The van der Waals surface area contributed by atoms with Gasteiger partial charge in [0.2, 0.25) is 0 Å². The Morgan fingerprint density at radius 1 is 1.14 bits per heavy atom. The fraction of sp³-hybridized carbons (Fsp3) is 0.412. The lowest BCUT2D eigenvalue weighted by Gasteiger charge is -2.22. The van der Waals surface area contributed by atoms with Crippen LogP contribution in [0.1, 0.15) is 19.3 Å². The molecule has 0 saturated carbocycles. The van der Waals surface area contributed by atoms with Crippen LogP contribution in [0.2, 0.25) is 5.02 Å². The summed E-state index contributed by atoms with van der Waals surface area (Å²) in [6.45, 7) is 3.07. The molecule has 0 bridgehead atoms. The number of fused-ring (bicyclic) bond motifs is 1. The highest BCUT2D eigenvalue weighted by molar-refractivity contribution is 6.35. The molecule has 0 amide bonds. The van der Waals surface area contributed by atoms with Crippen molar-refractivity contribution in [3.8, 4) is 5.75 Å². The highest BCUT2D eigenvalue weighted by Crippen LogP contribution is 2.31. The van der Waals surface area contributed by atoms with E-state index in [1.54, 1.807) is 0 Å². The van der Waals surface area contributed by atoms with Crippen LogP contribution in [-0.2, 0) is 0 Å². The number of nitrogens with one attached hydrogen (secondary N) is 1. The Morgan fingerprint density at radius 2 is 1.95 bits per heavy atom. The van der Waals surface area contributed by atoms with E-state index in [0.29, 0.717) is 0 Å². The van der Waals surface area contributed by atoms with Gasteiger partial charge in [0.25, 0.3) is 0 Å². The Balaban J connectivity index is 0.00000161. The van der Waals surface area contributed by atoms with Gasteiger partial charge in [0.1, 0.15) is 5.75 Å². The van der Waals surface area contributed by atoms with Gasteiger partial charge in [0.15, 0.2) is 0 Å². The van der Waals surface area contributed by atoms with Gasteiger partial charge in [-0.05, 0) is 50.4 Å². The molecule has 0 aliphatic carbocycles. The molecule has 21 heavy (non-hydrogen) atoms. The molecule has 2 nitrogen and oxygen atoms in total. The van der Waals surface area contributed by atoms with Gasteiger partial charge in [-0.3, -0.25) is 0 Å². The quantitative estimate of drug-likeness (QED) is 0.880. The Labute approximate surface area is 137 Å². The summed E-state index contributed by atoms with van der Waals surface area (Å²) in [5.41, 5.74) is 0. The van der Waals surface area contributed by atoms with Crippen molar-refractivity contribution in [2.45, 2.75) is 19.3 Å². The zero-order valence-corrected chi connectivity index (χ0v) is 13.6. The molecule has 114 valence electrons. The van der Waals surface area contributed by atoms with E-state index in [4.69, 9.17) is 16.3 Å². The largest absolute Gasteiger partial charge is 0.493 e. The predicted molar refractivity (Wildman–Crippen MR) is 91.9 cm³/mol. The minimum Gasteiger partial charge on any atom is -0.493 e. The van der Waals surface area contributed by atoms with Gasteiger partial charge < -0.3 is 10.1 Å². The normalized spacial score (nSPS) is 18.2. The first-order valence-electron chi connectivity index (χ1n) is 7.35. The number of hydrogen-bond donors (Lipinski definition) is 1. The molecule has 1 atom stereocenters. The molecule has 0 aromatic heterocycles.